The lowest BCUT2D eigenvalue weighted by atomic mass is 10.1. The van der Waals surface area contributed by atoms with Gasteiger partial charge < -0.3 is 24.2 Å². The number of hydrogen-bond acceptors (Lipinski definition) is 5. The number of nitrogens with zero attached hydrogens (tertiary/aromatic N) is 2. The van der Waals surface area contributed by atoms with Crippen molar-refractivity contribution in [3.63, 3.8) is 0 Å². The molecule has 0 spiro atoms. The van der Waals surface area contributed by atoms with Crippen LogP contribution in [0, 0.1) is 12.7 Å². The van der Waals surface area contributed by atoms with Crippen LogP contribution in [0.5, 0.6) is 11.5 Å². The van der Waals surface area contributed by atoms with Crippen molar-refractivity contribution in [2.45, 2.75) is 13.5 Å². The van der Waals surface area contributed by atoms with Crippen molar-refractivity contribution in [2.24, 2.45) is 0 Å². The van der Waals surface area contributed by atoms with E-state index < -0.39 is 24.4 Å². The van der Waals surface area contributed by atoms with Gasteiger partial charge in [-0.25, -0.2) is 14.2 Å². The Labute approximate surface area is 167 Å². The summed E-state index contributed by atoms with van der Waals surface area (Å²) in [5.41, 5.74) is 2.03. The Bertz CT molecular complexity index is 1450. The second kappa shape index (κ2) is 6.40. The molecular weight excluding hydrogens is 416 g/mol. The molecule has 0 saturated carbocycles. The molecule has 0 radical (unpaired) electrons. The Kier molecular flexibility index (Phi) is 4.01. The molecule has 154 valence electrons. The maximum atomic E-state index is 14.3. The number of aryl methyl sites for hydroxylation is 1. The van der Waals surface area contributed by atoms with Gasteiger partial charge >= 0.3 is 13.3 Å². The van der Waals surface area contributed by atoms with Crippen LogP contribution in [0.1, 0.15) is 11.1 Å². The highest BCUT2D eigenvalue weighted by atomic mass is 31.2. The fourth-order valence-electron chi connectivity index (χ4n) is 3.70. The van der Waals surface area contributed by atoms with E-state index in [1.807, 2.05) is 0 Å². The SMILES string of the molecule is Cc1cc(P(=O)(O)O)c(F)cc1Cn1c(=O)[nH]c2cnc3c4c(ccc3c21)OCO4. The van der Waals surface area contributed by atoms with Gasteiger partial charge in [0.15, 0.2) is 11.5 Å². The first-order valence-corrected chi connectivity index (χ1v) is 10.5. The minimum Gasteiger partial charge on any atom is -0.454 e. The third-order valence-corrected chi connectivity index (χ3v) is 6.12. The van der Waals surface area contributed by atoms with Crippen LogP contribution in [-0.2, 0) is 11.1 Å². The highest BCUT2D eigenvalue weighted by molar-refractivity contribution is 7.60. The topological polar surface area (TPSA) is 127 Å². The average Bonchev–Trinajstić information content (AvgIpc) is 3.28. The standard InChI is InChI=1S/C19H15FN3O6P/c1-9-4-15(30(25,26)27)12(20)5-10(9)7-23-17-11-2-3-14-18(29-8-28-14)16(11)21-6-13(17)22-19(23)24/h2-6H,7-8H2,1H3,(H,22,24)(H2,25,26,27). The number of fused-ring (bicyclic) bond motifs is 5. The highest BCUT2D eigenvalue weighted by Crippen LogP contribution is 2.40. The van der Waals surface area contributed by atoms with Crippen molar-refractivity contribution in [3.8, 4) is 11.5 Å². The normalized spacial score (nSPS) is 13.5. The number of hydrogen-bond donors (Lipinski definition) is 3. The first-order chi connectivity index (χ1) is 14.2. The van der Waals surface area contributed by atoms with Crippen LogP contribution >= 0.6 is 7.60 Å². The number of nitrogens with one attached hydrogen (secondary N) is 1. The van der Waals surface area contributed by atoms with Gasteiger partial charge in [0.25, 0.3) is 0 Å². The third-order valence-electron chi connectivity index (χ3n) is 5.15. The van der Waals surface area contributed by atoms with Crippen LogP contribution in [0.2, 0.25) is 0 Å². The van der Waals surface area contributed by atoms with E-state index in [9.17, 15) is 23.5 Å². The molecule has 9 nitrogen and oxygen atoms in total. The second-order valence-corrected chi connectivity index (χ2v) is 8.58. The molecule has 11 heteroatoms. The summed E-state index contributed by atoms with van der Waals surface area (Å²) in [5, 5.41) is -0.0163. The number of ether oxygens (including phenoxy) is 2. The number of benzene rings is 2. The van der Waals surface area contributed by atoms with Crippen molar-refractivity contribution >= 4 is 34.8 Å². The molecule has 2 aromatic heterocycles. The van der Waals surface area contributed by atoms with Crippen molar-refractivity contribution in [1.82, 2.24) is 14.5 Å². The molecule has 0 amide bonds. The molecule has 0 unspecified atom stereocenters. The predicted molar refractivity (Wildman–Crippen MR) is 106 cm³/mol. The predicted octanol–water partition coefficient (Wildman–Crippen LogP) is 1.91. The summed E-state index contributed by atoms with van der Waals surface area (Å²) < 4.78 is 38.1. The Morgan fingerprint density at radius 2 is 2.10 bits per heavy atom. The van der Waals surface area contributed by atoms with E-state index in [0.717, 1.165) is 12.1 Å². The van der Waals surface area contributed by atoms with Crippen molar-refractivity contribution in [1.29, 1.82) is 0 Å². The summed E-state index contributed by atoms with van der Waals surface area (Å²) >= 11 is 0. The van der Waals surface area contributed by atoms with E-state index >= 15 is 0 Å². The zero-order chi connectivity index (χ0) is 21.2. The van der Waals surface area contributed by atoms with Gasteiger partial charge in [-0.05, 0) is 42.3 Å². The van der Waals surface area contributed by atoms with E-state index in [0.29, 0.717) is 44.6 Å². The summed E-state index contributed by atoms with van der Waals surface area (Å²) in [6.07, 6.45) is 1.52. The lowest BCUT2D eigenvalue weighted by Gasteiger charge is -2.12. The molecule has 30 heavy (non-hydrogen) atoms. The Morgan fingerprint density at radius 1 is 1.30 bits per heavy atom. The number of imidazole rings is 1. The summed E-state index contributed by atoms with van der Waals surface area (Å²) in [6.45, 7) is 1.68. The van der Waals surface area contributed by atoms with Crippen molar-refractivity contribution < 1.29 is 28.2 Å². The second-order valence-electron chi connectivity index (χ2n) is 7.01. The molecule has 0 bridgehead atoms. The van der Waals surface area contributed by atoms with Gasteiger partial charge in [0.2, 0.25) is 6.79 Å². The number of halogens is 1. The van der Waals surface area contributed by atoms with Crippen LogP contribution in [0.3, 0.4) is 0 Å². The Balaban J connectivity index is 1.71. The minimum atomic E-state index is -4.75. The van der Waals surface area contributed by atoms with Gasteiger partial charge in [0.1, 0.15) is 11.3 Å². The molecule has 0 aliphatic carbocycles. The number of pyridine rings is 1. The van der Waals surface area contributed by atoms with Gasteiger partial charge in [-0.1, -0.05) is 0 Å². The molecule has 4 aromatic rings. The van der Waals surface area contributed by atoms with Crippen molar-refractivity contribution in [3.05, 3.63) is 57.9 Å². The summed E-state index contributed by atoms with van der Waals surface area (Å²) in [4.78, 5) is 38.4. The molecule has 3 heterocycles. The summed E-state index contributed by atoms with van der Waals surface area (Å²) in [7, 11) is -4.75. The number of aromatic amines is 1. The van der Waals surface area contributed by atoms with Crippen LogP contribution < -0.4 is 20.5 Å². The maximum Gasteiger partial charge on any atom is 0.359 e. The van der Waals surface area contributed by atoms with E-state index in [4.69, 9.17) is 9.47 Å². The molecule has 1 aliphatic rings. The molecular formula is C19H15FN3O6P. The first-order valence-electron chi connectivity index (χ1n) is 8.89. The number of aromatic nitrogens is 3. The average molecular weight is 431 g/mol. The highest BCUT2D eigenvalue weighted by Gasteiger charge is 2.25. The molecule has 2 aromatic carbocycles. The monoisotopic (exact) mass is 431 g/mol. The number of rotatable bonds is 3. The Morgan fingerprint density at radius 3 is 2.87 bits per heavy atom. The van der Waals surface area contributed by atoms with Gasteiger partial charge in [-0.3, -0.25) is 9.13 Å². The van der Waals surface area contributed by atoms with Gasteiger partial charge in [-0.15, -0.1) is 0 Å². The summed E-state index contributed by atoms with van der Waals surface area (Å²) in [5.74, 6) is 0.0271. The quantitative estimate of drug-likeness (QED) is 0.423. The van der Waals surface area contributed by atoms with Crippen molar-refractivity contribution in [2.75, 3.05) is 6.79 Å². The fourth-order valence-corrected chi connectivity index (χ4v) is 4.41. The molecule has 0 atom stereocenters. The smallest absolute Gasteiger partial charge is 0.359 e. The zero-order valence-electron chi connectivity index (χ0n) is 15.5. The van der Waals surface area contributed by atoms with E-state index in [-0.39, 0.29) is 13.3 Å². The van der Waals surface area contributed by atoms with Crippen LogP contribution in [0.25, 0.3) is 21.9 Å². The van der Waals surface area contributed by atoms with Gasteiger partial charge in [0.05, 0.1) is 29.1 Å². The van der Waals surface area contributed by atoms with Gasteiger partial charge in [-0.2, -0.15) is 0 Å². The number of H-pyrrole nitrogens is 1. The van der Waals surface area contributed by atoms with Gasteiger partial charge in [0, 0.05) is 5.39 Å². The van der Waals surface area contributed by atoms with E-state index in [1.165, 1.54) is 10.8 Å². The largest absolute Gasteiger partial charge is 0.454 e. The molecule has 0 saturated heterocycles. The lowest BCUT2D eigenvalue weighted by molar-refractivity contribution is 0.174. The Hall–Kier alpha value is -3.20. The first kappa shape index (κ1) is 18.8. The zero-order valence-corrected chi connectivity index (χ0v) is 16.4. The minimum absolute atomic E-state index is 0.00339. The van der Waals surface area contributed by atoms with Crippen LogP contribution in [0.15, 0.2) is 35.3 Å². The lowest BCUT2D eigenvalue weighted by Crippen LogP contribution is -2.19. The molecule has 1 aliphatic heterocycles. The summed E-state index contributed by atoms with van der Waals surface area (Å²) in [6, 6.07) is 5.66. The van der Waals surface area contributed by atoms with Crippen LogP contribution in [-0.4, -0.2) is 31.1 Å². The maximum absolute atomic E-state index is 14.3. The van der Waals surface area contributed by atoms with E-state index in [1.54, 1.807) is 19.1 Å². The molecule has 3 N–H and O–H groups in total. The molecule has 5 rings (SSSR count). The fraction of sp³-hybridized carbons (Fsp3) is 0.158. The molecule has 0 fully saturated rings. The van der Waals surface area contributed by atoms with E-state index in [2.05, 4.69) is 9.97 Å². The third kappa shape index (κ3) is 2.80. The van der Waals surface area contributed by atoms with Crippen LogP contribution in [0.4, 0.5) is 4.39 Å².